The fourth-order valence-corrected chi connectivity index (χ4v) is 2.42. The molecule has 0 unspecified atom stereocenters. The molecule has 0 aromatic heterocycles. The number of benzene rings is 1. The van der Waals surface area contributed by atoms with E-state index in [1.54, 1.807) is 18.2 Å². The Morgan fingerprint density at radius 2 is 1.88 bits per heavy atom. The number of carbonyl (C=O) groups is 1. The van der Waals surface area contributed by atoms with Crippen molar-refractivity contribution < 1.29 is 17.5 Å². The number of rotatable bonds is 3. The lowest BCUT2D eigenvalue weighted by molar-refractivity contribution is -0.149. The Balaban J connectivity index is 2.18. The lowest BCUT2D eigenvalue weighted by atomic mass is 10.4. The normalized spacial score (nSPS) is 16.8. The number of hydrogen-bond donors (Lipinski definition) is 0. The molecule has 16 heavy (non-hydrogen) atoms. The summed E-state index contributed by atoms with van der Waals surface area (Å²) in [6.07, 6.45) is 0.966. The van der Waals surface area contributed by atoms with Crippen molar-refractivity contribution in [3.8, 4) is 0 Å². The molecule has 0 aliphatic carbocycles. The Hall–Kier alpha value is -1.40. The molecule has 1 aromatic rings. The summed E-state index contributed by atoms with van der Waals surface area (Å²) < 4.78 is 28.2. The van der Waals surface area contributed by atoms with Gasteiger partial charge in [-0.2, -0.15) is 8.42 Å². The minimum absolute atomic E-state index is 0.0506. The first-order valence-electron chi connectivity index (χ1n) is 4.89. The Morgan fingerprint density at radius 3 is 2.44 bits per heavy atom. The highest BCUT2D eigenvalue weighted by Gasteiger charge is 2.27. The Morgan fingerprint density at radius 1 is 1.19 bits per heavy atom. The van der Waals surface area contributed by atoms with Gasteiger partial charge in [0, 0.05) is 6.42 Å². The van der Waals surface area contributed by atoms with Gasteiger partial charge in [0.2, 0.25) is 5.91 Å². The monoisotopic (exact) mass is 241 g/mol. The molecule has 1 aliphatic heterocycles. The first-order chi connectivity index (χ1) is 7.59. The number of nitrogens with zero attached hydrogens (tertiary/aromatic N) is 1. The maximum absolute atomic E-state index is 11.7. The molecule has 0 N–H and O–H groups in total. The molecule has 0 atom stereocenters. The van der Waals surface area contributed by atoms with E-state index in [-0.39, 0.29) is 10.8 Å². The maximum atomic E-state index is 11.7. The third kappa shape index (κ3) is 2.23. The van der Waals surface area contributed by atoms with Crippen LogP contribution in [0.25, 0.3) is 0 Å². The second-order valence-electron chi connectivity index (χ2n) is 3.44. The molecule has 5 nitrogen and oxygen atoms in total. The van der Waals surface area contributed by atoms with Gasteiger partial charge in [-0.15, -0.1) is 4.28 Å². The molecular weight excluding hydrogens is 230 g/mol. The Bertz CT molecular complexity index is 483. The minimum Gasteiger partial charge on any atom is -0.273 e. The van der Waals surface area contributed by atoms with E-state index in [2.05, 4.69) is 0 Å². The zero-order chi connectivity index (χ0) is 11.6. The summed E-state index contributed by atoms with van der Waals surface area (Å²) in [6, 6.07) is 7.76. The first kappa shape index (κ1) is 11.1. The van der Waals surface area contributed by atoms with Crippen molar-refractivity contribution in [1.29, 1.82) is 0 Å². The average Bonchev–Trinajstić information content (AvgIpc) is 2.65. The lowest BCUT2D eigenvalue weighted by Gasteiger charge is -2.14. The molecule has 0 saturated carbocycles. The van der Waals surface area contributed by atoms with Crippen LogP contribution in [0.5, 0.6) is 0 Å². The van der Waals surface area contributed by atoms with Gasteiger partial charge in [0.05, 0.1) is 11.4 Å². The fraction of sp³-hybridized carbons (Fsp3) is 0.300. The predicted octanol–water partition coefficient (Wildman–Crippen LogP) is 0.929. The van der Waals surface area contributed by atoms with Crippen LogP contribution < -0.4 is 0 Å². The van der Waals surface area contributed by atoms with Crippen LogP contribution in [-0.2, 0) is 19.2 Å². The molecule has 0 bridgehead atoms. The zero-order valence-corrected chi connectivity index (χ0v) is 9.31. The van der Waals surface area contributed by atoms with Crippen LogP contribution >= 0.6 is 0 Å². The van der Waals surface area contributed by atoms with Crippen molar-refractivity contribution in [3.05, 3.63) is 30.3 Å². The largest absolute Gasteiger partial charge is 0.317 e. The first-order valence-corrected chi connectivity index (χ1v) is 6.30. The van der Waals surface area contributed by atoms with Crippen LogP contribution in [0.2, 0.25) is 0 Å². The topological polar surface area (TPSA) is 63.7 Å². The molecule has 1 fully saturated rings. The fourth-order valence-electron chi connectivity index (χ4n) is 1.45. The molecule has 0 radical (unpaired) electrons. The molecular formula is C10H11NO4S. The highest BCUT2D eigenvalue weighted by atomic mass is 32.2. The second kappa shape index (κ2) is 4.23. The summed E-state index contributed by atoms with van der Waals surface area (Å²) in [7, 11) is -3.87. The lowest BCUT2D eigenvalue weighted by Crippen LogP contribution is -2.28. The third-order valence-electron chi connectivity index (χ3n) is 2.25. The highest BCUT2D eigenvalue weighted by molar-refractivity contribution is 7.86. The molecule has 1 heterocycles. The van der Waals surface area contributed by atoms with Gasteiger partial charge in [0.1, 0.15) is 0 Å². The maximum Gasteiger partial charge on any atom is 0.317 e. The van der Waals surface area contributed by atoms with Crippen LogP contribution in [-0.4, -0.2) is 25.9 Å². The van der Waals surface area contributed by atoms with Crippen molar-refractivity contribution in [2.45, 2.75) is 17.7 Å². The van der Waals surface area contributed by atoms with Crippen molar-refractivity contribution >= 4 is 16.0 Å². The Labute approximate surface area is 93.7 Å². The smallest absolute Gasteiger partial charge is 0.273 e. The predicted molar refractivity (Wildman–Crippen MR) is 55.7 cm³/mol. The summed E-state index contributed by atoms with van der Waals surface area (Å²) in [5.41, 5.74) is 0. The van der Waals surface area contributed by atoms with E-state index in [4.69, 9.17) is 4.28 Å². The SMILES string of the molecule is O=C1CCCN1OS(=O)(=O)c1ccccc1. The van der Waals surface area contributed by atoms with E-state index in [1.807, 2.05) is 0 Å². The highest BCUT2D eigenvalue weighted by Crippen LogP contribution is 2.17. The Kier molecular flexibility index (Phi) is 2.93. The van der Waals surface area contributed by atoms with Crippen LogP contribution in [0, 0.1) is 0 Å². The average molecular weight is 241 g/mol. The van der Waals surface area contributed by atoms with Crippen LogP contribution in [0.1, 0.15) is 12.8 Å². The molecule has 1 aromatic carbocycles. The van der Waals surface area contributed by atoms with Crippen molar-refractivity contribution in [2.75, 3.05) is 6.54 Å². The molecule has 86 valence electrons. The molecule has 2 rings (SSSR count). The van der Waals surface area contributed by atoms with Crippen molar-refractivity contribution in [1.82, 2.24) is 5.06 Å². The summed E-state index contributed by atoms with van der Waals surface area (Å²) >= 11 is 0. The van der Waals surface area contributed by atoms with Gasteiger partial charge in [-0.05, 0) is 18.6 Å². The van der Waals surface area contributed by atoms with Crippen LogP contribution in [0.15, 0.2) is 35.2 Å². The summed E-state index contributed by atoms with van der Waals surface area (Å²) in [6.45, 7) is 0.324. The van der Waals surface area contributed by atoms with Gasteiger partial charge in [-0.1, -0.05) is 18.2 Å². The number of hydroxylamine groups is 2. The number of carbonyl (C=O) groups excluding carboxylic acids is 1. The van der Waals surface area contributed by atoms with Gasteiger partial charge in [-0.25, -0.2) is 5.06 Å². The van der Waals surface area contributed by atoms with E-state index >= 15 is 0 Å². The van der Waals surface area contributed by atoms with Crippen LogP contribution in [0.4, 0.5) is 0 Å². The summed E-state index contributed by atoms with van der Waals surface area (Å²) in [5, 5.41) is 0.905. The number of amides is 1. The van der Waals surface area contributed by atoms with Crippen LogP contribution in [0.3, 0.4) is 0 Å². The molecule has 1 aliphatic rings. The summed E-state index contributed by atoms with van der Waals surface area (Å²) in [4.78, 5) is 11.3. The van der Waals surface area contributed by atoms with E-state index in [0.29, 0.717) is 19.4 Å². The standard InChI is InChI=1S/C10H11NO4S/c12-10-7-4-8-11(10)15-16(13,14)9-5-2-1-3-6-9/h1-3,5-6H,4,7-8H2. The van der Waals surface area contributed by atoms with Crippen molar-refractivity contribution in [2.24, 2.45) is 0 Å². The quantitative estimate of drug-likeness (QED) is 0.789. The number of hydrogen-bond acceptors (Lipinski definition) is 4. The molecule has 1 saturated heterocycles. The third-order valence-corrected chi connectivity index (χ3v) is 3.48. The second-order valence-corrected chi connectivity index (χ2v) is 4.97. The van der Waals surface area contributed by atoms with Gasteiger partial charge in [-0.3, -0.25) is 4.79 Å². The molecule has 0 spiro atoms. The van der Waals surface area contributed by atoms with Gasteiger partial charge in [0.25, 0.3) is 0 Å². The zero-order valence-electron chi connectivity index (χ0n) is 8.50. The van der Waals surface area contributed by atoms with E-state index in [9.17, 15) is 13.2 Å². The molecule has 6 heteroatoms. The van der Waals surface area contributed by atoms with Crippen molar-refractivity contribution in [3.63, 3.8) is 0 Å². The van der Waals surface area contributed by atoms with Gasteiger partial charge < -0.3 is 0 Å². The summed E-state index contributed by atoms with van der Waals surface area (Å²) in [5.74, 6) is -0.292. The van der Waals surface area contributed by atoms with Gasteiger partial charge in [0.15, 0.2) is 0 Å². The van der Waals surface area contributed by atoms with Gasteiger partial charge >= 0.3 is 10.1 Å². The molecule has 1 amide bonds. The van der Waals surface area contributed by atoms with E-state index in [0.717, 1.165) is 5.06 Å². The van der Waals surface area contributed by atoms with E-state index in [1.165, 1.54) is 12.1 Å². The van der Waals surface area contributed by atoms with E-state index < -0.39 is 10.1 Å². The minimum atomic E-state index is -3.87.